The molecule has 0 radical (unpaired) electrons. The number of methoxy groups -OCH3 is 2. The van der Waals surface area contributed by atoms with Crippen LogP contribution in [0, 0.1) is 20.8 Å². The molecule has 0 heterocycles. The number of ether oxygens (including phenoxy) is 2. The molecule has 0 amide bonds. The standard InChI is InChI=1S/C24H24O3/c1-15-13-16(2)22(17(3)14-15)20-7-6-8-21(27-5)23(20)24(25)18-9-11-19(26-4)12-10-18/h6-14H,1-5H3. The Kier molecular flexibility index (Phi) is 5.31. The van der Waals surface area contributed by atoms with Crippen molar-refractivity contribution in [3.8, 4) is 22.6 Å². The lowest BCUT2D eigenvalue weighted by atomic mass is 9.88. The number of aryl methyl sites for hydroxylation is 3. The van der Waals surface area contributed by atoms with E-state index < -0.39 is 0 Å². The van der Waals surface area contributed by atoms with Gasteiger partial charge in [0.15, 0.2) is 5.78 Å². The third-order valence-corrected chi connectivity index (χ3v) is 4.77. The van der Waals surface area contributed by atoms with Gasteiger partial charge in [0, 0.05) is 5.56 Å². The van der Waals surface area contributed by atoms with E-state index >= 15 is 0 Å². The van der Waals surface area contributed by atoms with Crippen LogP contribution >= 0.6 is 0 Å². The summed E-state index contributed by atoms with van der Waals surface area (Å²) in [5.74, 6) is 1.23. The highest BCUT2D eigenvalue weighted by molar-refractivity contribution is 6.15. The van der Waals surface area contributed by atoms with E-state index in [1.165, 1.54) is 5.56 Å². The third kappa shape index (κ3) is 3.59. The first kappa shape index (κ1) is 18.7. The molecule has 0 aromatic heterocycles. The van der Waals surface area contributed by atoms with Crippen LogP contribution in [0.1, 0.15) is 32.6 Å². The molecule has 0 saturated heterocycles. The SMILES string of the molecule is COc1ccc(C(=O)c2c(OC)cccc2-c2c(C)cc(C)cc2C)cc1. The van der Waals surface area contributed by atoms with Crippen LogP contribution in [0.3, 0.4) is 0 Å². The van der Waals surface area contributed by atoms with Gasteiger partial charge in [-0.1, -0.05) is 29.8 Å². The maximum absolute atomic E-state index is 13.4. The Bertz CT molecular complexity index is 962. The minimum absolute atomic E-state index is 0.0653. The van der Waals surface area contributed by atoms with Gasteiger partial charge >= 0.3 is 0 Å². The summed E-state index contributed by atoms with van der Waals surface area (Å²) >= 11 is 0. The molecule has 3 nitrogen and oxygen atoms in total. The average molecular weight is 360 g/mol. The Balaban J connectivity index is 2.22. The fourth-order valence-corrected chi connectivity index (χ4v) is 3.64. The van der Waals surface area contributed by atoms with E-state index in [2.05, 4.69) is 32.9 Å². The molecule has 3 aromatic carbocycles. The van der Waals surface area contributed by atoms with Gasteiger partial charge in [0.1, 0.15) is 11.5 Å². The van der Waals surface area contributed by atoms with Crippen LogP contribution in [0.2, 0.25) is 0 Å². The fourth-order valence-electron chi connectivity index (χ4n) is 3.64. The van der Waals surface area contributed by atoms with Gasteiger partial charge < -0.3 is 9.47 Å². The Morgan fingerprint density at radius 2 is 1.44 bits per heavy atom. The maximum Gasteiger partial charge on any atom is 0.197 e. The number of carbonyl (C=O) groups excluding carboxylic acids is 1. The zero-order chi connectivity index (χ0) is 19.6. The second-order valence-electron chi connectivity index (χ2n) is 6.71. The van der Waals surface area contributed by atoms with Gasteiger partial charge in [-0.3, -0.25) is 4.79 Å². The second-order valence-corrected chi connectivity index (χ2v) is 6.71. The monoisotopic (exact) mass is 360 g/mol. The van der Waals surface area contributed by atoms with Crippen molar-refractivity contribution in [1.29, 1.82) is 0 Å². The van der Waals surface area contributed by atoms with Gasteiger partial charge in [-0.05, 0) is 73.4 Å². The largest absolute Gasteiger partial charge is 0.497 e. The summed E-state index contributed by atoms with van der Waals surface area (Å²) in [5.41, 5.74) is 6.65. The van der Waals surface area contributed by atoms with Crippen LogP contribution in [0.4, 0.5) is 0 Å². The van der Waals surface area contributed by atoms with Crippen LogP contribution in [0.15, 0.2) is 54.6 Å². The van der Waals surface area contributed by atoms with Crippen molar-refractivity contribution in [3.63, 3.8) is 0 Å². The van der Waals surface area contributed by atoms with Gasteiger partial charge in [-0.15, -0.1) is 0 Å². The summed E-state index contributed by atoms with van der Waals surface area (Å²) in [6, 6.07) is 17.2. The number of ketones is 1. The summed E-state index contributed by atoms with van der Waals surface area (Å²) in [5, 5.41) is 0. The summed E-state index contributed by atoms with van der Waals surface area (Å²) in [7, 11) is 3.21. The summed E-state index contributed by atoms with van der Waals surface area (Å²) in [6.07, 6.45) is 0. The van der Waals surface area contributed by atoms with E-state index in [1.54, 1.807) is 38.5 Å². The molecule has 0 aliphatic rings. The fraction of sp³-hybridized carbons (Fsp3) is 0.208. The van der Waals surface area contributed by atoms with E-state index in [4.69, 9.17) is 9.47 Å². The van der Waals surface area contributed by atoms with E-state index in [-0.39, 0.29) is 5.78 Å². The van der Waals surface area contributed by atoms with E-state index in [1.807, 2.05) is 18.2 Å². The maximum atomic E-state index is 13.4. The molecule has 138 valence electrons. The highest BCUT2D eigenvalue weighted by Gasteiger charge is 2.22. The van der Waals surface area contributed by atoms with Gasteiger partial charge in [0.2, 0.25) is 0 Å². The number of hydrogen-bond donors (Lipinski definition) is 0. The second kappa shape index (κ2) is 7.67. The molecule has 0 spiro atoms. The van der Waals surface area contributed by atoms with E-state index in [9.17, 15) is 4.79 Å². The van der Waals surface area contributed by atoms with E-state index in [0.717, 1.165) is 28.0 Å². The predicted octanol–water partition coefficient (Wildman–Crippen LogP) is 5.53. The zero-order valence-corrected chi connectivity index (χ0v) is 16.4. The molecule has 27 heavy (non-hydrogen) atoms. The quantitative estimate of drug-likeness (QED) is 0.562. The van der Waals surface area contributed by atoms with Gasteiger partial charge in [0.05, 0.1) is 19.8 Å². The first-order valence-corrected chi connectivity index (χ1v) is 8.90. The summed E-state index contributed by atoms with van der Waals surface area (Å²) < 4.78 is 10.8. The van der Waals surface area contributed by atoms with Crippen molar-refractivity contribution >= 4 is 5.78 Å². The molecular formula is C24H24O3. The van der Waals surface area contributed by atoms with Crippen LogP contribution in [-0.4, -0.2) is 20.0 Å². The molecule has 0 aliphatic carbocycles. The Labute approximate surface area is 160 Å². The molecule has 3 heteroatoms. The van der Waals surface area contributed by atoms with Crippen LogP contribution in [-0.2, 0) is 0 Å². The van der Waals surface area contributed by atoms with Crippen molar-refractivity contribution in [1.82, 2.24) is 0 Å². The van der Waals surface area contributed by atoms with Gasteiger partial charge in [-0.2, -0.15) is 0 Å². The molecule has 0 bridgehead atoms. The lowest BCUT2D eigenvalue weighted by molar-refractivity contribution is 0.103. The lowest BCUT2D eigenvalue weighted by Crippen LogP contribution is -2.07. The van der Waals surface area contributed by atoms with Crippen molar-refractivity contribution < 1.29 is 14.3 Å². The summed E-state index contributed by atoms with van der Waals surface area (Å²) in [4.78, 5) is 13.4. The molecule has 0 atom stereocenters. The molecule has 0 fully saturated rings. The molecule has 0 saturated carbocycles. The lowest BCUT2D eigenvalue weighted by Gasteiger charge is -2.17. The topological polar surface area (TPSA) is 35.5 Å². The van der Waals surface area contributed by atoms with Crippen molar-refractivity contribution in [2.45, 2.75) is 20.8 Å². The van der Waals surface area contributed by atoms with Crippen molar-refractivity contribution in [3.05, 3.63) is 82.4 Å². The predicted molar refractivity (Wildman–Crippen MR) is 109 cm³/mol. The third-order valence-electron chi connectivity index (χ3n) is 4.77. The Hall–Kier alpha value is -3.07. The van der Waals surface area contributed by atoms with Gasteiger partial charge in [0.25, 0.3) is 0 Å². The molecular weight excluding hydrogens is 336 g/mol. The minimum atomic E-state index is -0.0653. The smallest absolute Gasteiger partial charge is 0.197 e. The summed E-state index contributed by atoms with van der Waals surface area (Å²) in [6.45, 7) is 6.24. The molecule has 0 unspecified atom stereocenters. The van der Waals surface area contributed by atoms with Crippen molar-refractivity contribution in [2.75, 3.05) is 14.2 Å². The van der Waals surface area contributed by atoms with Crippen LogP contribution in [0.25, 0.3) is 11.1 Å². The molecule has 3 aromatic rings. The number of rotatable bonds is 5. The highest BCUT2D eigenvalue weighted by Crippen LogP contribution is 2.36. The zero-order valence-electron chi connectivity index (χ0n) is 16.4. The number of benzene rings is 3. The van der Waals surface area contributed by atoms with E-state index in [0.29, 0.717) is 16.9 Å². The number of carbonyl (C=O) groups is 1. The van der Waals surface area contributed by atoms with Gasteiger partial charge in [-0.25, -0.2) is 0 Å². The average Bonchev–Trinajstić information content (AvgIpc) is 2.66. The normalized spacial score (nSPS) is 10.6. The Morgan fingerprint density at radius 3 is 2.00 bits per heavy atom. The Morgan fingerprint density at radius 1 is 0.815 bits per heavy atom. The molecule has 0 aliphatic heterocycles. The van der Waals surface area contributed by atoms with Crippen LogP contribution in [0.5, 0.6) is 11.5 Å². The first-order valence-electron chi connectivity index (χ1n) is 8.90. The molecule has 3 rings (SSSR count). The first-order chi connectivity index (χ1) is 13.0. The van der Waals surface area contributed by atoms with Crippen molar-refractivity contribution in [2.24, 2.45) is 0 Å². The molecule has 0 N–H and O–H groups in total. The van der Waals surface area contributed by atoms with Crippen LogP contribution < -0.4 is 9.47 Å². The minimum Gasteiger partial charge on any atom is -0.497 e. The highest BCUT2D eigenvalue weighted by atomic mass is 16.5. The number of hydrogen-bond acceptors (Lipinski definition) is 3.